The van der Waals surface area contributed by atoms with Crippen LogP contribution < -0.4 is 15.1 Å². The van der Waals surface area contributed by atoms with Crippen molar-refractivity contribution in [3.63, 3.8) is 0 Å². The number of benzene rings is 3. The summed E-state index contributed by atoms with van der Waals surface area (Å²) in [6.07, 6.45) is 6.22. The summed E-state index contributed by atoms with van der Waals surface area (Å²) in [4.78, 5) is 39.7. The number of methoxy groups -OCH3 is 1. The Morgan fingerprint density at radius 2 is 1.82 bits per heavy atom. The Morgan fingerprint density at radius 1 is 1.09 bits per heavy atom. The summed E-state index contributed by atoms with van der Waals surface area (Å²) in [5.74, 6) is -2.68. The molecule has 2 heterocycles. The van der Waals surface area contributed by atoms with E-state index in [1.165, 1.54) is 15.7 Å². The molecule has 6 rings (SSSR count). The summed E-state index contributed by atoms with van der Waals surface area (Å²) in [6.45, 7) is 2.10. The zero-order valence-electron chi connectivity index (χ0n) is 24.8. The number of hydrogen-bond donors (Lipinski definition) is 1. The second kappa shape index (κ2) is 11.8. The van der Waals surface area contributed by atoms with Gasteiger partial charge in [0.15, 0.2) is 0 Å². The minimum atomic E-state index is -1.57. The standard InChI is InChI=1S/C34H31F2N3O6/c1-19-31-25(33(40)26(34(41)42)18-38(31)28-12-9-22(35)16-27(28)36)17-30(39(43)44)32(19)37-14-13-21-5-3-4-6-24(21)29(37)15-20-7-10-23(45-2)11-8-20/h7-12,16-18,29H,3-6,13-15H2,1-2H3,(H,41,42). The zero-order chi connectivity index (χ0) is 32.0. The molecule has 1 unspecified atom stereocenters. The maximum atomic E-state index is 15.2. The van der Waals surface area contributed by atoms with Crippen LogP contribution in [0.5, 0.6) is 5.75 Å². The number of nitro groups is 1. The number of pyridine rings is 1. The number of anilines is 1. The van der Waals surface area contributed by atoms with Crippen LogP contribution in [0.25, 0.3) is 16.6 Å². The molecule has 0 radical (unpaired) electrons. The molecule has 11 heteroatoms. The fraction of sp³-hybridized carbons (Fsp3) is 0.294. The molecule has 1 atom stereocenters. The number of aromatic nitrogens is 1. The molecular formula is C34H31F2N3O6. The van der Waals surface area contributed by atoms with Crippen molar-refractivity contribution in [3.05, 3.63) is 115 Å². The minimum Gasteiger partial charge on any atom is -0.497 e. The third kappa shape index (κ3) is 5.32. The van der Waals surface area contributed by atoms with E-state index in [2.05, 4.69) is 0 Å². The number of hydrogen-bond acceptors (Lipinski definition) is 6. The van der Waals surface area contributed by atoms with Gasteiger partial charge in [0.1, 0.15) is 28.6 Å². The molecule has 1 aliphatic heterocycles. The van der Waals surface area contributed by atoms with Crippen molar-refractivity contribution in [1.29, 1.82) is 0 Å². The molecule has 45 heavy (non-hydrogen) atoms. The second-order valence-electron chi connectivity index (χ2n) is 11.5. The number of carbonyl (C=O) groups is 1. The lowest BCUT2D eigenvalue weighted by molar-refractivity contribution is -0.384. The summed E-state index contributed by atoms with van der Waals surface area (Å²) in [5, 5.41) is 22.3. The number of aryl methyl sites for hydroxylation is 1. The third-order valence-electron chi connectivity index (χ3n) is 9.01. The summed E-state index contributed by atoms with van der Waals surface area (Å²) < 4.78 is 35.6. The Bertz CT molecular complexity index is 1950. The summed E-state index contributed by atoms with van der Waals surface area (Å²) >= 11 is 0. The quantitative estimate of drug-likeness (QED) is 0.137. The molecule has 1 aliphatic carbocycles. The molecule has 9 nitrogen and oxygen atoms in total. The van der Waals surface area contributed by atoms with Crippen molar-refractivity contribution in [3.8, 4) is 11.4 Å². The van der Waals surface area contributed by atoms with Gasteiger partial charge < -0.3 is 19.3 Å². The highest BCUT2D eigenvalue weighted by Crippen LogP contribution is 2.44. The molecule has 1 N–H and O–H groups in total. The zero-order valence-corrected chi connectivity index (χ0v) is 24.8. The van der Waals surface area contributed by atoms with Gasteiger partial charge in [-0.2, -0.15) is 0 Å². The number of rotatable bonds is 7. The van der Waals surface area contributed by atoms with Crippen molar-refractivity contribution < 1.29 is 28.3 Å². The minimum absolute atomic E-state index is 0.114. The van der Waals surface area contributed by atoms with Crippen molar-refractivity contribution >= 4 is 28.2 Å². The van der Waals surface area contributed by atoms with Gasteiger partial charge >= 0.3 is 5.97 Å². The van der Waals surface area contributed by atoms with Crippen molar-refractivity contribution in [2.24, 2.45) is 0 Å². The van der Waals surface area contributed by atoms with E-state index in [9.17, 15) is 29.2 Å². The number of halogens is 2. The smallest absolute Gasteiger partial charge is 0.341 e. The monoisotopic (exact) mass is 615 g/mol. The highest BCUT2D eigenvalue weighted by Gasteiger charge is 2.36. The van der Waals surface area contributed by atoms with E-state index in [4.69, 9.17) is 4.74 Å². The van der Waals surface area contributed by atoms with Crippen LogP contribution in [0, 0.1) is 28.7 Å². The number of aromatic carboxylic acids is 1. The van der Waals surface area contributed by atoms with E-state index < -0.39 is 33.5 Å². The van der Waals surface area contributed by atoms with Crippen LogP contribution in [-0.4, -0.2) is 40.3 Å². The van der Waals surface area contributed by atoms with E-state index in [0.29, 0.717) is 30.3 Å². The van der Waals surface area contributed by atoms with Crippen molar-refractivity contribution in [2.45, 2.75) is 51.5 Å². The van der Waals surface area contributed by atoms with Gasteiger partial charge in [0.2, 0.25) is 5.43 Å². The van der Waals surface area contributed by atoms with E-state index >= 15 is 4.39 Å². The molecule has 0 amide bonds. The molecule has 4 aromatic rings. The average molecular weight is 616 g/mol. The van der Waals surface area contributed by atoms with Crippen molar-refractivity contribution in [2.75, 3.05) is 18.6 Å². The number of nitro benzene ring substituents is 1. The predicted octanol–water partition coefficient (Wildman–Crippen LogP) is 6.88. The number of carboxylic acids is 1. The molecule has 0 bridgehead atoms. The second-order valence-corrected chi connectivity index (χ2v) is 11.5. The van der Waals surface area contributed by atoms with Gasteiger partial charge in [-0.05, 0) is 80.9 Å². The molecule has 3 aromatic carbocycles. The van der Waals surface area contributed by atoms with E-state index in [1.54, 1.807) is 14.0 Å². The lowest BCUT2D eigenvalue weighted by Crippen LogP contribution is -2.44. The highest BCUT2D eigenvalue weighted by atomic mass is 19.1. The first kappa shape index (κ1) is 30.0. The van der Waals surface area contributed by atoms with Gasteiger partial charge in [-0.15, -0.1) is 0 Å². The number of fused-ring (bicyclic) bond motifs is 1. The number of carboxylic acid groups (broad SMARTS) is 1. The van der Waals surface area contributed by atoms with Gasteiger partial charge in [0, 0.05) is 30.4 Å². The van der Waals surface area contributed by atoms with Crippen LogP contribution >= 0.6 is 0 Å². The van der Waals surface area contributed by atoms with Gasteiger partial charge in [0.25, 0.3) is 5.69 Å². The molecule has 0 saturated carbocycles. The van der Waals surface area contributed by atoms with Gasteiger partial charge in [0.05, 0.1) is 34.7 Å². The fourth-order valence-corrected chi connectivity index (χ4v) is 6.95. The topological polar surface area (TPSA) is 115 Å². The van der Waals surface area contributed by atoms with Crippen LogP contribution in [0.4, 0.5) is 20.2 Å². The normalized spacial score (nSPS) is 16.5. The maximum Gasteiger partial charge on any atom is 0.341 e. The van der Waals surface area contributed by atoms with Crippen LogP contribution in [0.3, 0.4) is 0 Å². The molecule has 0 saturated heterocycles. The van der Waals surface area contributed by atoms with E-state index in [-0.39, 0.29) is 34.0 Å². The Kier molecular flexibility index (Phi) is 7.86. The molecule has 1 aromatic heterocycles. The first-order chi connectivity index (χ1) is 21.6. The third-order valence-corrected chi connectivity index (χ3v) is 9.01. The number of nitrogens with zero attached hydrogens (tertiary/aromatic N) is 3. The van der Waals surface area contributed by atoms with Crippen LogP contribution in [0.1, 0.15) is 53.6 Å². The van der Waals surface area contributed by atoms with Gasteiger partial charge in [-0.3, -0.25) is 14.9 Å². The highest BCUT2D eigenvalue weighted by molar-refractivity contribution is 5.98. The maximum absolute atomic E-state index is 15.2. The Balaban J connectivity index is 1.63. The Morgan fingerprint density at radius 3 is 2.49 bits per heavy atom. The lowest BCUT2D eigenvalue weighted by Gasteiger charge is -2.43. The average Bonchev–Trinajstić information content (AvgIpc) is 3.02. The predicted molar refractivity (Wildman–Crippen MR) is 166 cm³/mol. The van der Waals surface area contributed by atoms with Gasteiger partial charge in [-0.25, -0.2) is 13.6 Å². The fourth-order valence-electron chi connectivity index (χ4n) is 6.95. The molecule has 0 fully saturated rings. The van der Waals surface area contributed by atoms with E-state index in [1.807, 2.05) is 29.2 Å². The Hall–Kier alpha value is -5.06. The van der Waals surface area contributed by atoms with E-state index in [0.717, 1.165) is 62.1 Å². The largest absolute Gasteiger partial charge is 0.497 e. The summed E-state index contributed by atoms with van der Waals surface area (Å²) in [6, 6.07) is 11.4. The van der Waals surface area contributed by atoms with Crippen LogP contribution in [-0.2, 0) is 6.42 Å². The summed E-state index contributed by atoms with van der Waals surface area (Å²) in [7, 11) is 1.59. The SMILES string of the molecule is COc1ccc(CC2C3=C(CCCC3)CCN2c2c([N+](=O)[O-])cc3c(=O)c(C(=O)O)cn(-c4ccc(F)cc4F)c3c2C)cc1. The molecule has 2 aliphatic rings. The summed E-state index contributed by atoms with van der Waals surface area (Å²) in [5.41, 5.74) is 2.18. The molecule has 0 spiro atoms. The number of ether oxygens (including phenoxy) is 1. The van der Waals surface area contributed by atoms with Crippen molar-refractivity contribution in [1.82, 2.24) is 4.57 Å². The van der Waals surface area contributed by atoms with Gasteiger partial charge in [-0.1, -0.05) is 17.7 Å². The molecule has 232 valence electrons. The first-order valence-corrected chi connectivity index (χ1v) is 14.8. The lowest BCUT2D eigenvalue weighted by atomic mass is 9.80. The Labute approximate surface area is 257 Å². The van der Waals surface area contributed by atoms with Crippen LogP contribution in [0.15, 0.2) is 70.7 Å². The first-order valence-electron chi connectivity index (χ1n) is 14.8. The van der Waals surface area contributed by atoms with Crippen LogP contribution in [0.2, 0.25) is 0 Å². The molecular weight excluding hydrogens is 584 g/mol.